The van der Waals surface area contributed by atoms with E-state index in [1.54, 1.807) is 0 Å². The van der Waals surface area contributed by atoms with Gasteiger partial charge in [-0.3, -0.25) is 4.79 Å². The maximum absolute atomic E-state index is 12.9. The number of rotatable bonds is 1. The summed E-state index contributed by atoms with van der Waals surface area (Å²) >= 11 is 2.96. The number of carbonyl (C=O) groups is 1. The van der Waals surface area contributed by atoms with Crippen LogP contribution in [0.15, 0.2) is 16.6 Å². The van der Waals surface area contributed by atoms with Gasteiger partial charge in [-0.1, -0.05) is 0 Å². The minimum absolute atomic E-state index is 0.171. The lowest BCUT2D eigenvalue weighted by molar-refractivity contribution is 0.101. The number of hydrogen-bond acceptors (Lipinski definition) is 2. The van der Waals surface area contributed by atoms with E-state index >= 15 is 0 Å². The summed E-state index contributed by atoms with van der Waals surface area (Å²) in [5, 5.41) is 0. The van der Waals surface area contributed by atoms with E-state index in [-0.39, 0.29) is 21.5 Å². The summed E-state index contributed by atoms with van der Waals surface area (Å²) in [5.41, 5.74) is 5.87. The molecular formula is C8H7BrFNO. The molecule has 0 bridgehead atoms. The summed E-state index contributed by atoms with van der Waals surface area (Å²) < 4.78 is 13.1. The predicted molar refractivity (Wildman–Crippen MR) is 48.5 cm³/mol. The van der Waals surface area contributed by atoms with Crippen molar-refractivity contribution in [2.45, 2.75) is 6.92 Å². The van der Waals surface area contributed by atoms with E-state index in [1.807, 2.05) is 0 Å². The molecule has 0 fully saturated rings. The van der Waals surface area contributed by atoms with Gasteiger partial charge in [-0.25, -0.2) is 4.39 Å². The van der Waals surface area contributed by atoms with Crippen LogP contribution in [0.3, 0.4) is 0 Å². The molecule has 0 unspecified atom stereocenters. The van der Waals surface area contributed by atoms with Crippen molar-refractivity contribution in [3.63, 3.8) is 0 Å². The second-order valence-corrected chi connectivity index (χ2v) is 3.21. The highest BCUT2D eigenvalue weighted by Gasteiger charge is 2.10. The second kappa shape index (κ2) is 3.23. The van der Waals surface area contributed by atoms with Crippen molar-refractivity contribution in [2.75, 3.05) is 5.73 Å². The van der Waals surface area contributed by atoms with Gasteiger partial charge in [0, 0.05) is 11.3 Å². The molecule has 1 rings (SSSR count). The van der Waals surface area contributed by atoms with Gasteiger partial charge in [-0.2, -0.15) is 0 Å². The van der Waals surface area contributed by atoms with Crippen LogP contribution in [0.25, 0.3) is 0 Å². The molecule has 2 nitrogen and oxygen atoms in total. The zero-order chi connectivity index (χ0) is 9.30. The van der Waals surface area contributed by atoms with Crippen LogP contribution in [0.1, 0.15) is 17.3 Å². The standard InChI is InChI=1S/C8H7BrFNO/c1-4(12)6-2-5(11)3-7(10)8(6)9/h2-3H,11H2,1H3. The van der Waals surface area contributed by atoms with Gasteiger partial charge in [-0.15, -0.1) is 0 Å². The third kappa shape index (κ3) is 1.64. The Morgan fingerprint density at radius 3 is 2.67 bits per heavy atom. The average Bonchev–Trinajstić information content (AvgIpc) is 1.96. The van der Waals surface area contributed by atoms with Crippen LogP contribution in [0.4, 0.5) is 10.1 Å². The summed E-state index contributed by atoms with van der Waals surface area (Å²) in [7, 11) is 0. The van der Waals surface area contributed by atoms with Crippen molar-refractivity contribution in [3.05, 3.63) is 28.0 Å². The number of nitrogens with two attached hydrogens (primary N) is 1. The number of Topliss-reactive ketones (excluding diaryl/α,β-unsaturated/α-hetero) is 1. The molecule has 0 heterocycles. The van der Waals surface area contributed by atoms with Crippen molar-refractivity contribution < 1.29 is 9.18 Å². The molecule has 0 saturated carbocycles. The first-order valence-corrected chi connectivity index (χ1v) is 4.07. The van der Waals surface area contributed by atoms with Gasteiger partial charge in [-0.05, 0) is 35.0 Å². The van der Waals surface area contributed by atoms with E-state index in [0.717, 1.165) is 6.07 Å². The fourth-order valence-corrected chi connectivity index (χ4v) is 1.37. The van der Waals surface area contributed by atoms with Crippen LogP contribution < -0.4 is 5.73 Å². The number of nitrogen functional groups attached to an aromatic ring is 1. The van der Waals surface area contributed by atoms with Crippen LogP contribution in [0.2, 0.25) is 0 Å². The normalized spacial score (nSPS) is 9.92. The Bertz CT molecular complexity index is 338. The summed E-state index contributed by atoms with van der Waals surface area (Å²) in [4.78, 5) is 10.9. The molecule has 1 aromatic rings. The summed E-state index contributed by atoms with van der Waals surface area (Å²) in [6.45, 7) is 1.36. The zero-order valence-corrected chi connectivity index (χ0v) is 7.98. The Labute approximate surface area is 77.7 Å². The van der Waals surface area contributed by atoms with Crippen LogP contribution in [-0.2, 0) is 0 Å². The Hall–Kier alpha value is -0.900. The third-order valence-corrected chi connectivity index (χ3v) is 2.24. The first-order valence-electron chi connectivity index (χ1n) is 3.28. The largest absolute Gasteiger partial charge is 0.399 e. The molecule has 0 spiro atoms. The minimum atomic E-state index is -0.514. The molecule has 4 heteroatoms. The van der Waals surface area contributed by atoms with Gasteiger partial charge in [0.25, 0.3) is 0 Å². The number of carbonyl (C=O) groups excluding carboxylic acids is 1. The van der Waals surface area contributed by atoms with Gasteiger partial charge in [0.1, 0.15) is 5.82 Å². The lowest BCUT2D eigenvalue weighted by Crippen LogP contribution is -1.98. The molecule has 0 aliphatic carbocycles. The molecule has 0 atom stereocenters. The molecule has 0 saturated heterocycles. The predicted octanol–water partition coefficient (Wildman–Crippen LogP) is 2.37. The van der Waals surface area contributed by atoms with Crippen molar-refractivity contribution >= 4 is 27.4 Å². The van der Waals surface area contributed by atoms with Gasteiger partial charge in [0.2, 0.25) is 0 Å². The van der Waals surface area contributed by atoms with Gasteiger partial charge in [0.05, 0.1) is 4.47 Å². The van der Waals surface area contributed by atoms with Crippen molar-refractivity contribution in [1.82, 2.24) is 0 Å². The Kier molecular flexibility index (Phi) is 2.47. The van der Waals surface area contributed by atoms with E-state index in [2.05, 4.69) is 15.9 Å². The van der Waals surface area contributed by atoms with Crippen LogP contribution in [0.5, 0.6) is 0 Å². The van der Waals surface area contributed by atoms with E-state index in [0.29, 0.717) is 0 Å². The van der Waals surface area contributed by atoms with Gasteiger partial charge in [0.15, 0.2) is 5.78 Å². The smallest absolute Gasteiger partial charge is 0.161 e. The molecule has 0 aromatic heterocycles. The van der Waals surface area contributed by atoms with Crippen molar-refractivity contribution in [2.24, 2.45) is 0 Å². The van der Waals surface area contributed by atoms with Gasteiger partial charge >= 0.3 is 0 Å². The summed E-state index contributed by atoms with van der Waals surface area (Å²) in [6, 6.07) is 2.60. The molecule has 0 aliphatic heterocycles. The highest BCUT2D eigenvalue weighted by molar-refractivity contribution is 9.10. The molecule has 2 N–H and O–H groups in total. The van der Waals surface area contributed by atoms with E-state index in [4.69, 9.17) is 5.73 Å². The highest BCUT2D eigenvalue weighted by Crippen LogP contribution is 2.23. The number of hydrogen-bond donors (Lipinski definition) is 1. The Morgan fingerprint density at radius 2 is 2.17 bits per heavy atom. The lowest BCUT2D eigenvalue weighted by atomic mass is 10.1. The maximum atomic E-state index is 12.9. The van der Waals surface area contributed by atoms with Crippen molar-refractivity contribution in [3.8, 4) is 0 Å². The van der Waals surface area contributed by atoms with E-state index in [9.17, 15) is 9.18 Å². The SMILES string of the molecule is CC(=O)c1cc(N)cc(F)c1Br. The minimum Gasteiger partial charge on any atom is -0.399 e. The van der Waals surface area contributed by atoms with E-state index in [1.165, 1.54) is 13.0 Å². The van der Waals surface area contributed by atoms with Crippen LogP contribution >= 0.6 is 15.9 Å². The lowest BCUT2D eigenvalue weighted by Gasteiger charge is -2.02. The van der Waals surface area contributed by atoms with E-state index < -0.39 is 5.82 Å². The molecule has 12 heavy (non-hydrogen) atoms. The molecule has 0 aliphatic rings. The maximum Gasteiger partial charge on any atom is 0.161 e. The molecule has 0 radical (unpaired) electrons. The molecule has 0 amide bonds. The fraction of sp³-hybridized carbons (Fsp3) is 0.125. The average molecular weight is 232 g/mol. The van der Waals surface area contributed by atoms with Crippen molar-refractivity contribution in [1.29, 1.82) is 0 Å². The number of anilines is 1. The quantitative estimate of drug-likeness (QED) is 0.596. The molecular weight excluding hydrogens is 225 g/mol. The zero-order valence-electron chi connectivity index (χ0n) is 6.40. The Balaban J connectivity index is 3.37. The highest BCUT2D eigenvalue weighted by atomic mass is 79.9. The van der Waals surface area contributed by atoms with Crippen LogP contribution in [0, 0.1) is 5.82 Å². The number of benzene rings is 1. The van der Waals surface area contributed by atoms with Crippen LogP contribution in [-0.4, -0.2) is 5.78 Å². The summed E-state index contributed by atoms with van der Waals surface area (Å²) in [5.74, 6) is -0.728. The first kappa shape index (κ1) is 9.19. The number of ketones is 1. The second-order valence-electron chi connectivity index (χ2n) is 2.42. The number of halogens is 2. The monoisotopic (exact) mass is 231 g/mol. The Morgan fingerprint density at radius 1 is 1.58 bits per heavy atom. The third-order valence-electron chi connectivity index (χ3n) is 1.43. The summed E-state index contributed by atoms with van der Waals surface area (Å²) in [6.07, 6.45) is 0. The molecule has 64 valence electrons. The first-order chi connectivity index (χ1) is 5.52. The molecule has 1 aromatic carbocycles. The fourth-order valence-electron chi connectivity index (χ4n) is 0.866. The van der Waals surface area contributed by atoms with Gasteiger partial charge < -0.3 is 5.73 Å². The topological polar surface area (TPSA) is 43.1 Å².